The summed E-state index contributed by atoms with van der Waals surface area (Å²) in [6.07, 6.45) is 0. The summed E-state index contributed by atoms with van der Waals surface area (Å²) < 4.78 is 10.5. The van der Waals surface area contributed by atoms with Crippen molar-refractivity contribution >= 4 is 34.0 Å². The lowest BCUT2D eigenvalue weighted by Crippen LogP contribution is -2.24. The van der Waals surface area contributed by atoms with Crippen LogP contribution in [0.15, 0.2) is 47.8 Å². The number of carbonyl (C=O) groups is 2. The smallest absolute Gasteiger partial charge is 0.338 e. The summed E-state index contributed by atoms with van der Waals surface area (Å²) in [6, 6.07) is 12.6. The van der Waals surface area contributed by atoms with Crippen molar-refractivity contribution in [3.63, 3.8) is 0 Å². The van der Waals surface area contributed by atoms with E-state index in [1.807, 2.05) is 32.0 Å². The van der Waals surface area contributed by atoms with E-state index in [0.29, 0.717) is 22.1 Å². The molecule has 0 aliphatic carbocycles. The summed E-state index contributed by atoms with van der Waals surface area (Å²) in [6.45, 7) is 5.45. The Morgan fingerprint density at radius 1 is 1.10 bits per heavy atom. The molecule has 1 heterocycles. The van der Waals surface area contributed by atoms with Crippen LogP contribution in [0.25, 0.3) is 0 Å². The number of amides is 1. The molecule has 0 N–H and O–H groups in total. The number of carbonyl (C=O) groups excluding carboxylic acids is 2. The summed E-state index contributed by atoms with van der Waals surface area (Å²) in [4.78, 5) is 30.8. The number of ether oxygens (including phenoxy) is 2. The number of para-hydroxylation sites is 1. The van der Waals surface area contributed by atoms with E-state index >= 15 is 0 Å². The van der Waals surface area contributed by atoms with Crippen molar-refractivity contribution in [2.45, 2.75) is 27.4 Å². The Balaban J connectivity index is 1.77. The van der Waals surface area contributed by atoms with Gasteiger partial charge in [-0.2, -0.15) is 0 Å². The molecule has 0 fully saturated rings. The van der Waals surface area contributed by atoms with Crippen molar-refractivity contribution in [3.05, 3.63) is 70.2 Å². The van der Waals surface area contributed by atoms with Gasteiger partial charge in [-0.1, -0.05) is 24.3 Å². The number of anilines is 2. The van der Waals surface area contributed by atoms with Crippen LogP contribution in [-0.2, 0) is 16.1 Å². The van der Waals surface area contributed by atoms with Gasteiger partial charge in [0.1, 0.15) is 12.4 Å². The molecule has 29 heavy (non-hydrogen) atoms. The fourth-order valence-corrected chi connectivity index (χ4v) is 3.84. The molecule has 3 aromatic rings. The van der Waals surface area contributed by atoms with Gasteiger partial charge in [-0.3, -0.25) is 9.69 Å². The number of hydrogen-bond acceptors (Lipinski definition) is 6. The second-order valence-corrected chi connectivity index (χ2v) is 7.36. The monoisotopic (exact) mass is 410 g/mol. The highest BCUT2D eigenvalue weighted by Gasteiger charge is 2.21. The molecule has 6 nitrogen and oxygen atoms in total. The van der Waals surface area contributed by atoms with Crippen molar-refractivity contribution in [1.82, 2.24) is 4.98 Å². The van der Waals surface area contributed by atoms with E-state index in [1.165, 1.54) is 25.4 Å². The second kappa shape index (κ2) is 8.87. The first-order chi connectivity index (χ1) is 13.9. The first kappa shape index (κ1) is 20.5. The molecule has 0 radical (unpaired) electrons. The van der Waals surface area contributed by atoms with Crippen LogP contribution in [0.1, 0.15) is 34.1 Å². The largest absolute Gasteiger partial charge is 0.497 e. The number of aryl methyl sites for hydroxylation is 2. The minimum atomic E-state index is -0.461. The van der Waals surface area contributed by atoms with Crippen LogP contribution >= 0.6 is 11.3 Å². The summed E-state index contributed by atoms with van der Waals surface area (Å²) in [5.74, 6) is -0.00519. The molecule has 0 saturated carbocycles. The molecule has 0 spiro atoms. The maximum atomic E-state index is 12.4. The van der Waals surface area contributed by atoms with Gasteiger partial charge in [0.2, 0.25) is 5.91 Å². The molecule has 0 aliphatic heterocycles. The molecule has 2 aromatic carbocycles. The Morgan fingerprint density at radius 3 is 2.45 bits per heavy atom. The first-order valence-corrected chi connectivity index (χ1v) is 9.91. The highest BCUT2D eigenvalue weighted by atomic mass is 32.1. The molecule has 7 heteroatoms. The predicted molar refractivity (Wildman–Crippen MR) is 113 cm³/mol. The van der Waals surface area contributed by atoms with Crippen LogP contribution in [0.3, 0.4) is 0 Å². The minimum Gasteiger partial charge on any atom is -0.497 e. The van der Waals surface area contributed by atoms with Crippen LogP contribution in [0.5, 0.6) is 5.75 Å². The molecule has 1 amide bonds. The zero-order valence-electron chi connectivity index (χ0n) is 16.8. The molecule has 0 aliphatic rings. The Morgan fingerprint density at radius 2 is 1.79 bits per heavy atom. The van der Waals surface area contributed by atoms with E-state index in [1.54, 1.807) is 34.5 Å². The standard InChI is InChI=1S/C22H22N2O4S/c1-14-7-5-8-15(2)20(14)24(16(3)25)22-23-18(13-29-22)12-28-21(26)17-9-6-10-19(11-17)27-4/h5-11,13H,12H2,1-4H3. The maximum Gasteiger partial charge on any atom is 0.338 e. The van der Waals surface area contributed by atoms with E-state index in [4.69, 9.17) is 9.47 Å². The number of methoxy groups -OCH3 is 1. The molecular formula is C22H22N2O4S. The van der Waals surface area contributed by atoms with Crippen molar-refractivity contribution < 1.29 is 19.1 Å². The van der Waals surface area contributed by atoms with Crippen molar-refractivity contribution in [1.29, 1.82) is 0 Å². The van der Waals surface area contributed by atoms with Gasteiger partial charge in [0, 0.05) is 12.3 Å². The zero-order valence-corrected chi connectivity index (χ0v) is 17.6. The van der Waals surface area contributed by atoms with E-state index in [2.05, 4.69) is 4.98 Å². The van der Waals surface area contributed by atoms with Gasteiger partial charge in [0.15, 0.2) is 5.13 Å². The third-order valence-corrected chi connectivity index (χ3v) is 5.24. The highest BCUT2D eigenvalue weighted by Crippen LogP contribution is 2.33. The first-order valence-electron chi connectivity index (χ1n) is 9.03. The Bertz CT molecular complexity index is 1020. The number of thiazole rings is 1. The molecule has 150 valence electrons. The van der Waals surface area contributed by atoms with Gasteiger partial charge in [-0.05, 0) is 43.2 Å². The lowest BCUT2D eigenvalue weighted by Gasteiger charge is -2.22. The van der Waals surface area contributed by atoms with E-state index < -0.39 is 5.97 Å². The van der Waals surface area contributed by atoms with E-state index in [9.17, 15) is 9.59 Å². The van der Waals surface area contributed by atoms with Gasteiger partial charge in [0.05, 0.1) is 24.1 Å². The third kappa shape index (κ3) is 4.63. The number of rotatable bonds is 6. The number of nitrogens with zero attached hydrogens (tertiary/aromatic N) is 2. The van der Waals surface area contributed by atoms with Crippen LogP contribution in [0.4, 0.5) is 10.8 Å². The summed E-state index contributed by atoms with van der Waals surface area (Å²) in [7, 11) is 1.54. The summed E-state index contributed by atoms with van der Waals surface area (Å²) in [5, 5.41) is 2.33. The highest BCUT2D eigenvalue weighted by molar-refractivity contribution is 7.14. The third-order valence-electron chi connectivity index (χ3n) is 4.37. The fourth-order valence-electron chi connectivity index (χ4n) is 2.98. The van der Waals surface area contributed by atoms with Gasteiger partial charge in [0.25, 0.3) is 0 Å². The molecule has 0 atom stereocenters. The van der Waals surface area contributed by atoms with Crippen LogP contribution in [0.2, 0.25) is 0 Å². The molecule has 1 aromatic heterocycles. The summed E-state index contributed by atoms with van der Waals surface area (Å²) in [5.41, 5.74) is 3.79. The Labute approximate surface area is 173 Å². The Kier molecular flexibility index (Phi) is 6.29. The molecule has 0 bridgehead atoms. The van der Waals surface area contributed by atoms with E-state index in [0.717, 1.165) is 16.8 Å². The van der Waals surface area contributed by atoms with Crippen molar-refractivity contribution in [2.75, 3.05) is 12.0 Å². The Hall–Kier alpha value is -3.19. The van der Waals surface area contributed by atoms with Crippen LogP contribution < -0.4 is 9.64 Å². The van der Waals surface area contributed by atoms with Crippen molar-refractivity contribution in [2.24, 2.45) is 0 Å². The lowest BCUT2D eigenvalue weighted by atomic mass is 10.1. The average molecular weight is 410 g/mol. The van der Waals surface area contributed by atoms with Crippen LogP contribution in [-0.4, -0.2) is 24.0 Å². The van der Waals surface area contributed by atoms with Gasteiger partial charge < -0.3 is 9.47 Å². The maximum absolute atomic E-state index is 12.4. The van der Waals surface area contributed by atoms with Gasteiger partial charge in [-0.25, -0.2) is 9.78 Å². The lowest BCUT2D eigenvalue weighted by molar-refractivity contribution is -0.115. The number of aromatic nitrogens is 1. The summed E-state index contributed by atoms with van der Waals surface area (Å²) >= 11 is 1.33. The molecule has 3 rings (SSSR count). The number of benzene rings is 2. The molecule has 0 unspecified atom stereocenters. The topological polar surface area (TPSA) is 68.7 Å². The SMILES string of the molecule is COc1cccc(C(=O)OCc2csc(N(C(C)=O)c3c(C)cccc3C)n2)c1. The number of hydrogen-bond donors (Lipinski definition) is 0. The fraction of sp³-hybridized carbons (Fsp3) is 0.227. The van der Waals surface area contributed by atoms with Crippen molar-refractivity contribution in [3.8, 4) is 5.75 Å². The molecular weight excluding hydrogens is 388 g/mol. The predicted octanol–water partition coefficient (Wildman–Crippen LogP) is 4.81. The second-order valence-electron chi connectivity index (χ2n) is 6.52. The van der Waals surface area contributed by atoms with Crippen LogP contribution in [0, 0.1) is 13.8 Å². The van der Waals surface area contributed by atoms with Gasteiger partial charge >= 0.3 is 5.97 Å². The average Bonchev–Trinajstić information content (AvgIpc) is 3.17. The zero-order chi connectivity index (χ0) is 21.0. The normalized spacial score (nSPS) is 10.5. The quantitative estimate of drug-likeness (QED) is 0.546. The minimum absolute atomic E-state index is 0.0189. The number of esters is 1. The molecule has 0 saturated heterocycles. The van der Waals surface area contributed by atoms with E-state index in [-0.39, 0.29) is 12.5 Å². The van der Waals surface area contributed by atoms with Gasteiger partial charge in [-0.15, -0.1) is 11.3 Å².